The second-order valence-corrected chi connectivity index (χ2v) is 8.24. The molecule has 2 aromatic carbocycles. The lowest BCUT2D eigenvalue weighted by Crippen LogP contribution is -2.40. The molecule has 3 aromatic rings. The van der Waals surface area contributed by atoms with Crippen LogP contribution in [0.4, 0.5) is 0 Å². The summed E-state index contributed by atoms with van der Waals surface area (Å²) in [6, 6.07) is 14.6. The molecule has 0 unspecified atom stereocenters. The number of aromatic nitrogens is 1. The van der Waals surface area contributed by atoms with Crippen LogP contribution in [0.2, 0.25) is 0 Å². The van der Waals surface area contributed by atoms with Crippen molar-refractivity contribution in [3.63, 3.8) is 0 Å². The Kier molecular flexibility index (Phi) is 6.04. The number of carbonyl (C=O) groups excluding carboxylic acids is 2. The molecule has 1 fully saturated rings. The number of amides is 2. The predicted octanol–water partition coefficient (Wildman–Crippen LogP) is 3.23. The van der Waals surface area contributed by atoms with Crippen molar-refractivity contribution in [1.29, 1.82) is 0 Å². The third-order valence-corrected chi connectivity index (χ3v) is 5.98. The molecule has 0 saturated heterocycles. The molecule has 1 heterocycles. The molecule has 2 amide bonds. The highest BCUT2D eigenvalue weighted by Gasteiger charge is 2.34. The highest BCUT2D eigenvalue weighted by molar-refractivity contribution is 5.95. The lowest BCUT2D eigenvalue weighted by Gasteiger charge is -2.25. The first-order valence-corrected chi connectivity index (χ1v) is 10.6. The number of carbonyl (C=O) groups is 2. The molecule has 1 aliphatic rings. The minimum Gasteiger partial charge on any atom is -0.436 e. The third kappa shape index (κ3) is 4.46. The van der Waals surface area contributed by atoms with Crippen molar-refractivity contribution >= 4 is 22.9 Å². The Morgan fingerprint density at radius 1 is 1.19 bits per heavy atom. The van der Waals surface area contributed by atoms with Crippen molar-refractivity contribution in [1.82, 2.24) is 15.2 Å². The molecule has 1 aromatic heterocycles. The molecule has 0 aliphatic heterocycles. The SMILES string of the molecule is C[C@H](CO)NC(=O)[C@H]1CC[C@@H](N(C)C(=O)c2ccc(-c3nc4ccccc4o3)cc2)C1. The highest BCUT2D eigenvalue weighted by Crippen LogP contribution is 2.30. The fourth-order valence-electron chi connectivity index (χ4n) is 4.07. The van der Waals surface area contributed by atoms with Gasteiger partial charge in [-0.2, -0.15) is 0 Å². The van der Waals surface area contributed by atoms with E-state index in [2.05, 4.69) is 10.3 Å². The number of rotatable bonds is 6. The van der Waals surface area contributed by atoms with Crippen molar-refractivity contribution in [3.05, 3.63) is 54.1 Å². The van der Waals surface area contributed by atoms with Crippen LogP contribution in [0, 0.1) is 5.92 Å². The summed E-state index contributed by atoms with van der Waals surface area (Å²) in [5, 5.41) is 11.9. The van der Waals surface area contributed by atoms with Crippen molar-refractivity contribution in [2.75, 3.05) is 13.7 Å². The summed E-state index contributed by atoms with van der Waals surface area (Å²) in [5.74, 6) is 0.276. The number of nitrogens with one attached hydrogen (secondary N) is 1. The van der Waals surface area contributed by atoms with Crippen LogP contribution in [0.1, 0.15) is 36.5 Å². The molecule has 2 N–H and O–H groups in total. The van der Waals surface area contributed by atoms with Gasteiger partial charge in [-0.1, -0.05) is 12.1 Å². The fourth-order valence-corrected chi connectivity index (χ4v) is 4.07. The number of aliphatic hydroxyl groups excluding tert-OH is 1. The van der Waals surface area contributed by atoms with Crippen LogP contribution in [-0.4, -0.2) is 52.5 Å². The minimum absolute atomic E-state index is 0.0180. The van der Waals surface area contributed by atoms with Gasteiger partial charge in [0, 0.05) is 36.2 Å². The molecule has 1 saturated carbocycles. The van der Waals surface area contributed by atoms with E-state index < -0.39 is 0 Å². The maximum Gasteiger partial charge on any atom is 0.253 e. The number of aliphatic hydroxyl groups is 1. The van der Waals surface area contributed by atoms with Crippen LogP contribution in [0.3, 0.4) is 0 Å². The molecule has 0 radical (unpaired) electrons. The second kappa shape index (κ2) is 8.89. The summed E-state index contributed by atoms with van der Waals surface area (Å²) >= 11 is 0. The number of fused-ring (bicyclic) bond motifs is 1. The quantitative estimate of drug-likeness (QED) is 0.637. The summed E-state index contributed by atoms with van der Waals surface area (Å²) < 4.78 is 5.79. The predicted molar refractivity (Wildman–Crippen MR) is 117 cm³/mol. The second-order valence-electron chi connectivity index (χ2n) is 8.24. The standard InChI is InChI=1S/C24H27N3O4/c1-15(14-28)25-22(29)18-11-12-19(13-18)27(2)24(30)17-9-7-16(8-10-17)23-26-20-5-3-4-6-21(20)31-23/h3-10,15,18-19,28H,11-14H2,1-2H3,(H,25,29)/t15-,18+,19-/m1/s1. The van der Waals surface area contributed by atoms with Gasteiger partial charge in [-0.25, -0.2) is 4.98 Å². The van der Waals surface area contributed by atoms with Crippen LogP contribution >= 0.6 is 0 Å². The smallest absolute Gasteiger partial charge is 0.253 e. The maximum atomic E-state index is 13.0. The van der Waals surface area contributed by atoms with E-state index in [1.165, 1.54) is 0 Å². The van der Waals surface area contributed by atoms with Gasteiger partial charge < -0.3 is 19.7 Å². The van der Waals surface area contributed by atoms with E-state index in [1.807, 2.05) is 36.4 Å². The van der Waals surface area contributed by atoms with E-state index in [-0.39, 0.29) is 36.4 Å². The van der Waals surface area contributed by atoms with Gasteiger partial charge >= 0.3 is 0 Å². The molecule has 0 bridgehead atoms. The van der Waals surface area contributed by atoms with Gasteiger partial charge in [-0.15, -0.1) is 0 Å². The van der Waals surface area contributed by atoms with Gasteiger partial charge in [0.05, 0.1) is 6.61 Å². The van der Waals surface area contributed by atoms with Crippen molar-refractivity contribution in [2.24, 2.45) is 5.92 Å². The average Bonchev–Trinajstić information content (AvgIpc) is 3.45. The Morgan fingerprint density at radius 3 is 2.65 bits per heavy atom. The summed E-state index contributed by atoms with van der Waals surface area (Å²) in [6.45, 7) is 1.68. The Morgan fingerprint density at radius 2 is 1.94 bits per heavy atom. The molecule has 7 heteroatoms. The molecular weight excluding hydrogens is 394 g/mol. The maximum absolute atomic E-state index is 13.0. The van der Waals surface area contributed by atoms with Gasteiger partial charge in [-0.05, 0) is 62.6 Å². The monoisotopic (exact) mass is 421 g/mol. The Labute approximate surface area is 181 Å². The van der Waals surface area contributed by atoms with Crippen molar-refractivity contribution in [3.8, 4) is 11.5 Å². The zero-order valence-corrected chi connectivity index (χ0v) is 17.7. The van der Waals surface area contributed by atoms with Crippen molar-refractivity contribution in [2.45, 2.75) is 38.3 Å². The normalized spacial score (nSPS) is 19.3. The third-order valence-electron chi connectivity index (χ3n) is 5.98. The van der Waals surface area contributed by atoms with E-state index in [0.717, 1.165) is 29.5 Å². The van der Waals surface area contributed by atoms with Crippen LogP contribution in [-0.2, 0) is 4.79 Å². The van der Waals surface area contributed by atoms with E-state index >= 15 is 0 Å². The first-order chi connectivity index (χ1) is 15.0. The Balaban J connectivity index is 1.40. The Hall–Kier alpha value is -3.19. The van der Waals surface area contributed by atoms with Crippen molar-refractivity contribution < 1.29 is 19.1 Å². The molecular formula is C24H27N3O4. The number of hydrogen-bond acceptors (Lipinski definition) is 5. The summed E-state index contributed by atoms with van der Waals surface area (Å²) in [6.07, 6.45) is 2.16. The summed E-state index contributed by atoms with van der Waals surface area (Å²) in [7, 11) is 1.79. The topological polar surface area (TPSA) is 95.7 Å². The summed E-state index contributed by atoms with van der Waals surface area (Å²) in [4.78, 5) is 31.5. The number of hydrogen-bond donors (Lipinski definition) is 2. The molecule has 162 valence electrons. The zero-order chi connectivity index (χ0) is 22.0. The average molecular weight is 421 g/mol. The van der Waals surface area contributed by atoms with Crippen LogP contribution in [0.15, 0.2) is 52.9 Å². The van der Waals surface area contributed by atoms with E-state index in [1.54, 1.807) is 31.0 Å². The first kappa shape index (κ1) is 21.1. The molecule has 4 rings (SSSR count). The molecule has 7 nitrogen and oxygen atoms in total. The van der Waals surface area contributed by atoms with Gasteiger partial charge in [0.15, 0.2) is 5.58 Å². The summed E-state index contributed by atoms with van der Waals surface area (Å²) in [5.41, 5.74) is 2.92. The zero-order valence-electron chi connectivity index (χ0n) is 17.7. The number of oxazole rings is 1. The van der Waals surface area contributed by atoms with Crippen LogP contribution in [0.25, 0.3) is 22.6 Å². The fraction of sp³-hybridized carbons (Fsp3) is 0.375. The van der Waals surface area contributed by atoms with E-state index in [9.17, 15) is 9.59 Å². The highest BCUT2D eigenvalue weighted by atomic mass is 16.3. The molecule has 0 spiro atoms. The minimum atomic E-state index is -0.259. The van der Waals surface area contributed by atoms with Gasteiger partial charge in [-0.3, -0.25) is 9.59 Å². The lowest BCUT2D eigenvalue weighted by atomic mass is 10.1. The van der Waals surface area contributed by atoms with Gasteiger partial charge in [0.2, 0.25) is 11.8 Å². The van der Waals surface area contributed by atoms with Gasteiger partial charge in [0.1, 0.15) is 5.52 Å². The molecule has 31 heavy (non-hydrogen) atoms. The van der Waals surface area contributed by atoms with E-state index in [0.29, 0.717) is 17.9 Å². The van der Waals surface area contributed by atoms with E-state index in [4.69, 9.17) is 9.52 Å². The lowest BCUT2D eigenvalue weighted by molar-refractivity contribution is -0.125. The number of nitrogens with zero attached hydrogens (tertiary/aromatic N) is 2. The largest absolute Gasteiger partial charge is 0.436 e. The number of benzene rings is 2. The van der Waals surface area contributed by atoms with Gasteiger partial charge in [0.25, 0.3) is 5.91 Å². The molecule has 3 atom stereocenters. The number of para-hydroxylation sites is 2. The Bertz CT molecular complexity index is 1040. The van der Waals surface area contributed by atoms with Crippen LogP contribution < -0.4 is 5.32 Å². The molecule has 1 aliphatic carbocycles. The van der Waals surface area contributed by atoms with Crippen LogP contribution in [0.5, 0.6) is 0 Å². The first-order valence-electron chi connectivity index (χ1n) is 10.6.